The molecular formula is C29H21FN4O5S2. The van der Waals surface area contributed by atoms with Gasteiger partial charge in [-0.15, -0.1) is 0 Å². The van der Waals surface area contributed by atoms with Crippen molar-refractivity contribution in [3.8, 4) is 28.3 Å². The van der Waals surface area contributed by atoms with E-state index in [0.29, 0.717) is 45.9 Å². The van der Waals surface area contributed by atoms with Crippen molar-refractivity contribution in [1.29, 1.82) is 0 Å². The van der Waals surface area contributed by atoms with Gasteiger partial charge in [-0.05, 0) is 41.8 Å². The molecule has 9 nitrogen and oxygen atoms in total. The van der Waals surface area contributed by atoms with Gasteiger partial charge in [-0.1, -0.05) is 18.2 Å². The fourth-order valence-electron chi connectivity index (χ4n) is 5.04. The summed E-state index contributed by atoms with van der Waals surface area (Å²) in [5.74, 6) is -1.67. The van der Waals surface area contributed by atoms with Crippen LogP contribution in [0.25, 0.3) is 38.1 Å². The predicted molar refractivity (Wildman–Crippen MR) is 154 cm³/mol. The number of aromatic nitrogens is 2. The predicted octanol–water partition coefficient (Wildman–Crippen LogP) is 5.89. The number of methoxy groups -OCH3 is 1. The van der Waals surface area contributed by atoms with Gasteiger partial charge in [-0.2, -0.15) is 11.3 Å². The number of ether oxygens (including phenoxy) is 1. The number of benzene rings is 2. The van der Waals surface area contributed by atoms with Crippen molar-refractivity contribution in [2.45, 2.75) is 4.90 Å². The first kappa shape index (κ1) is 26.5. The highest BCUT2D eigenvalue weighted by Crippen LogP contribution is 2.48. The molecule has 1 N–H and O–H groups in total. The quantitative estimate of drug-likeness (QED) is 0.237. The largest absolute Gasteiger partial charge is 0.481 e. The Balaban J connectivity index is 1.66. The minimum absolute atomic E-state index is 0.105. The topological polar surface area (TPSA) is 106 Å². The Kier molecular flexibility index (Phi) is 6.48. The van der Waals surface area contributed by atoms with Gasteiger partial charge in [0.1, 0.15) is 10.7 Å². The second kappa shape index (κ2) is 10.0. The zero-order valence-corrected chi connectivity index (χ0v) is 23.1. The number of thiophene rings is 1. The summed E-state index contributed by atoms with van der Waals surface area (Å²) in [4.78, 5) is 20.9. The molecule has 0 atom stereocenters. The molecule has 0 radical (unpaired) electrons. The molecule has 12 heteroatoms. The van der Waals surface area contributed by atoms with Gasteiger partial charge >= 0.3 is 5.97 Å². The van der Waals surface area contributed by atoms with Gasteiger partial charge in [0.15, 0.2) is 0 Å². The summed E-state index contributed by atoms with van der Waals surface area (Å²) in [5, 5.41) is 11.7. The number of anilines is 1. The number of hydrogen-bond donors (Lipinski definition) is 1. The number of carboxylic acids is 1. The molecule has 1 aliphatic heterocycles. The second-order valence-electron chi connectivity index (χ2n) is 9.43. The number of nitrogens with zero attached hydrogens (tertiary/aromatic N) is 4. The lowest BCUT2D eigenvalue weighted by Crippen LogP contribution is -2.50. The van der Waals surface area contributed by atoms with E-state index in [1.807, 2.05) is 11.0 Å². The van der Waals surface area contributed by atoms with E-state index in [0.717, 1.165) is 0 Å². The number of pyridine rings is 1. The molecule has 3 aromatic heterocycles. The molecule has 1 aliphatic rings. The minimum atomic E-state index is -4.31. The van der Waals surface area contributed by atoms with E-state index in [1.165, 1.54) is 58.9 Å². The minimum Gasteiger partial charge on any atom is -0.481 e. The molecule has 5 aromatic rings. The summed E-state index contributed by atoms with van der Waals surface area (Å²) in [5.41, 5.74) is 2.59. The molecule has 4 heterocycles. The van der Waals surface area contributed by atoms with Crippen LogP contribution in [-0.2, 0) is 14.8 Å². The SMILES string of the molecule is [C-]#[N+]c1sccc1-c1c(-c2cccc(N3CC(C(=O)O)C3)c2)n(S(=O)(=O)c2ccc(OC)nc2)c2ccc(F)cc12. The van der Waals surface area contributed by atoms with Crippen LogP contribution in [0.2, 0.25) is 0 Å². The Morgan fingerprint density at radius 2 is 1.98 bits per heavy atom. The highest BCUT2D eigenvalue weighted by atomic mass is 32.2. The van der Waals surface area contributed by atoms with Crippen LogP contribution in [0, 0.1) is 18.3 Å². The van der Waals surface area contributed by atoms with E-state index in [4.69, 9.17) is 11.3 Å². The van der Waals surface area contributed by atoms with Crippen LogP contribution >= 0.6 is 11.3 Å². The molecular weight excluding hydrogens is 567 g/mol. The summed E-state index contributed by atoms with van der Waals surface area (Å²) in [7, 11) is -2.88. The summed E-state index contributed by atoms with van der Waals surface area (Å²) >= 11 is 1.21. The van der Waals surface area contributed by atoms with Gasteiger partial charge < -0.3 is 14.7 Å². The smallest absolute Gasteiger partial charge is 0.310 e. The zero-order valence-electron chi connectivity index (χ0n) is 21.5. The maximum atomic E-state index is 14.7. The molecule has 1 saturated heterocycles. The maximum absolute atomic E-state index is 14.7. The molecule has 0 spiro atoms. The van der Waals surface area contributed by atoms with Crippen molar-refractivity contribution in [1.82, 2.24) is 8.96 Å². The van der Waals surface area contributed by atoms with Crippen molar-refractivity contribution in [2.24, 2.45) is 5.92 Å². The Bertz CT molecular complexity index is 1970. The fourth-order valence-corrected chi connectivity index (χ4v) is 7.21. The van der Waals surface area contributed by atoms with Crippen LogP contribution in [0.15, 0.2) is 77.1 Å². The van der Waals surface area contributed by atoms with Crippen LogP contribution in [0.4, 0.5) is 15.1 Å². The zero-order chi connectivity index (χ0) is 28.9. The van der Waals surface area contributed by atoms with Gasteiger partial charge in [-0.25, -0.2) is 26.6 Å². The molecule has 0 amide bonds. The van der Waals surface area contributed by atoms with Crippen molar-refractivity contribution < 1.29 is 27.4 Å². The molecule has 0 saturated carbocycles. The maximum Gasteiger partial charge on any atom is 0.310 e. The number of hydrogen-bond acceptors (Lipinski definition) is 7. The Labute approximate surface area is 238 Å². The highest BCUT2D eigenvalue weighted by Gasteiger charge is 2.34. The van der Waals surface area contributed by atoms with E-state index in [-0.39, 0.29) is 22.0 Å². The number of aliphatic carboxylic acids is 1. The standard InChI is InChI=1S/C29H21FN4O5S2/c1-31-28-22(10-11-40-28)26-23-13-19(30)6-8-24(23)34(41(37,38)21-7-9-25(39-2)32-14-21)27(26)17-4-3-5-20(12-17)33-15-18(16-33)29(35)36/h3-14,18H,15-16H2,2H3,(H,35,36). The van der Waals surface area contributed by atoms with E-state index < -0.39 is 27.7 Å². The van der Waals surface area contributed by atoms with Crippen LogP contribution in [-0.4, -0.2) is 48.6 Å². The van der Waals surface area contributed by atoms with E-state index in [2.05, 4.69) is 9.83 Å². The molecule has 0 bridgehead atoms. The van der Waals surface area contributed by atoms with E-state index >= 15 is 0 Å². The lowest BCUT2D eigenvalue weighted by Gasteiger charge is -2.38. The van der Waals surface area contributed by atoms with Gasteiger partial charge in [0.25, 0.3) is 10.0 Å². The fraction of sp³-hybridized carbons (Fsp3) is 0.138. The third-order valence-corrected chi connectivity index (χ3v) is 9.58. The molecule has 0 unspecified atom stereocenters. The molecule has 41 heavy (non-hydrogen) atoms. The average Bonchev–Trinajstić information content (AvgIpc) is 3.54. The summed E-state index contributed by atoms with van der Waals surface area (Å²) in [6.07, 6.45) is 1.20. The molecule has 2 aromatic carbocycles. The Morgan fingerprint density at radius 1 is 1.17 bits per heavy atom. The van der Waals surface area contributed by atoms with Crippen LogP contribution < -0.4 is 9.64 Å². The van der Waals surface area contributed by atoms with Gasteiger partial charge in [0.05, 0.1) is 37.0 Å². The van der Waals surface area contributed by atoms with Crippen molar-refractivity contribution in [3.05, 3.63) is 89.5 Å². The molecule has 206 valence electrons. The van der Waals surface area contributed by atoms with Crippen molar-refractivity contribution in [2.75, 3.05) is 25.1 Å². The number of fused-ring (bicyclic) bond motifs is 1. The first-order chi connectivity index (χ1) is 19.7. The molecule has 1 fully saturated rings. The number of carboxylic acid groups (broad SMARTS) is 1. The third-order valence-electron chi connectivity index (χ3n) is 7.07. The monoisotopic (exact) mass is 588 g/mol. The van der Waals surface area contributed by atoms with Crippen LogP contribution in [0.1, 0.15) is 0 Å². The summed E-state index contributed by atoms with van der Waals surface area (Å²) < 4.78 is 49.6. The van der Waals surface area contributed by atoms with Gasteiger partial charge in [-0.3, -0.25) is 4.79 Å². The van der Waals surface area contributed by atoms with Gasteiger partial charge in [0.2, 0.25) is 10.9 Å². The highest BCUT2D eigenvalue weighted by molar-refractivity contribution is 7.90. The summed E-state index contributed by atoms with van der Waals surface area (Å²) in [6, 6.07) is 15.5. The first-order valence-corrected chi connectivity index (χ1v) is 14.7. The molecule has 0 aliphatic carbocycles. The van der Waals surface area contributed by atoms with Crippen LogP contribution in [0.3, 0.4) is 0 Å². The number of halogens is 1. The van der Waals surface area contributed by atoms with Crippen molar-refractivity contribution >= 4 is 48.9 Å². The normalized spacial score (nSPS) is 13.6. The lowest BCUT2D eigenvalue weighted by molar-refractivity contribution is -0.142. The lowest BCUT2D eigenvalue weighted by atomic mass is 9.97. The van der Waals surface area contributed by atoms with Gasteiger partial charge in [0, 0.05) is 46.9 Å². The summed E-state index contributed by atoms with van der Waals surface area (Å²) in [6.45, 7) is 8.36. The Morgan fingerprint density at radius 3 is 2.66 bits per heavy atom. The third kappa shape index (κ3) is 4.39. The Hall–Kier alpha value is -4.73. The van der Waals surface area contributed by atoms with E-state index in [9.17, 15) is 22.7 Å². The van der Waals surface area contributed by atoms with E-state index in [1.54, 1.807) is 29.6 Å². The first-order valence-electron chi connectivity index (χ1n) is 12.4. The average molecular weight is 589 g/mol. The van der Waals surface area contributed by atoms with Crippen LogP contribution in [0.5, 0.6) is 5.88 Å². The number of carbonyl (C=O) groups is 1. The molecule has 6 rings (SSSR count). The van der Waals surface area contributed by atoms with Crippen molar-refractivity contribution in [3.63, 3.8) is 0 Å². The number of rotatable bonds is 7. The second-order valence-corrected chi connectivity index (χ2v) is 12.1.